The van der Waals surface area contributed by atoms with Crippen LogP contribution in [0.2, 0.25) is 0 Å². The molecule has 0 aliphatic heterocycles. The van der Waals surface area contributed by atoms with Crippen LogP contribution in [0, 0.1) is 0 Å². The maximum Gasteiger partial charge on any atom is 0.271 e. The molecule has 19 heavy (non-hydrogen) atoms. The van der Waals surface area contributed by atoms with Crippen LogP contribution < -0.4 is 5.43 Å². The van der Waals surface area contributed by atoms with Crippen molar-refractivity contribution >= 4 is 12.1 Å². The van der Waals surface area contributed by atoms with E-state index in [9.17, 15) is 15.0 Å². The fourth-order valence-corrected chi connectivity index (χ4v) is 1.38. The van der Waals surface area contributed by atoms with E-state index >= 15 is 0 Å². The summed E-state index contributed by atoms with van der Waals surface area (Å²) >= 11 is 0. The summed E-state index contributed by atoms with van der Waals surface area (Å²) in [5.41, 5.74) is 3.03. The van der Waals surface area contributed by atoms with Gasteiger partial charge >= 0.3 is 0 Å². The van der Waals surface area contributed by atoms with Gasteiger partial charge < -0.3 is 10.2 Å². The smallest absolute Gasteiger partial charge is 0.271 e. The van der Waals surface area contributed by atoms with Crippen molar-refractivity contribution in [3.63, 3.8) is 0 Å². The number of aromatic nitrogens is 1. The fourth-order valence-electron chi connectivity index (χ4n) is 1.38. The first-order valence-electron chi connectivity index (χ1n) is 5.43. The first-order valence-corrected chi connectivity index (χ1v) is 5.43. The summed E-state index contributed by atoms with van der Waals surface area (Å²) in [6.45, 7) is 0. The first-order chi connectivity index (χ1) is 9.18. The molecule has 2 rings (SSSR count). The number of phenolic OH excluding ortho intramolecular Hbond substituents is 2. The molecule has 0 saturated heterocycles. The van der Waals surface area contributed by atoms with E-state index in [1.165, 1.54) is 24.7 Å². The number of amides is 1. The third-order valence-corrected chi connectivity index (χ3v) is 2.36. The summed E-state index contributed by atoms with van der Waals surface area (Å²) in [6, 6.07) is 7.56. The molecule has 0 spiro atoms. The normalized spacial score (nSPS) is 10.5. The van der Waals surface area contributed by atoms with Gasteiger partial charge in [0.1, 0.15) is 0 Å². The highest BCUT2D eigenvalue weighted by Crippen LogP contribution is 2.26. The Bertz CT molecular complexity index is 612. The third-order valence-electron chi connectivity index (χ3n) is 2.36. The van der Waals surface area contributed by atoms with Crippen LogP contribution in [0.25, 0.3) is 0 Å². The Balaban J connectivity index is 2.05. The van der Waals surface area contributed by atoms with Crippen LogP contribution in [0.3, 0.4) is 0 Å². The molecule has 0 aliphatic rings. The van der Waals surface area contributed by atoms with E-state index in [1.54, 1.807) is 24.3 Å². The van der Waals surface area contributed by atoms with Gasteiger partial charge in [-0.3, -0.25) is 9.78 Å². The lowest BCUT2D eigenvalue weighted by Crippen LogP contribution is -2.17. The van der Waals surface area contributed by atoms with E-state index in [4.69, 9.17) is 0 Å². The standard InChI is InChI=1S/C13H11N3O3/c17-11-3-1-2-10(12(11)18)8-15-16-13(19)9-4-6-14-7-5-9/h1-8,17-18H,(H,16,19)/b15-8+. The topological polar surface area (TPSA) is 94.8 Å². The van der Waals surface area contributed by atoms with Gasteiger partial charge in [0, 0.05) is 23.5 Å². The molecule has 0 radical (unpaired) electrons. The van der Waals surface area contributed by atoms with Gasteiger partial charge in [-0.05, 0) is 24.3 Å². The Hall–Kier alpha value is -2.89. The van der Waals surface area contributed by atoms with E-state index in [0.717, 1.165) is 0 Å². The fraction of sp³-hybridized carbons (Fsp3) is 0. The number of para-hydroxylation sites is 1. The Morgan fingerprint density at radius 2 is 1.95 bits per heavy atom. The molecule has 0 aliphatic carbocycles. The minimum absolute atomic E-state index is 0.246. The van der Waals surface area contributed by atoms with Gasteiger partial charge in [-0.1, -0.05) is 6.07 Å². The molecule has 1 heterocycles. The molecule has 0 unspecified atom stereocenters. The summed E-state index contributed by atoms with van der Waals surface area (Å²) in [5.74, 6) is -0.924. The van der Waals surface area contributed by atoms with Crippen LogP contribution in [-0.2, 0) is 0 Å². The SMILES string of the molecule is O=C(N/N=C/c1cccc(O)c1O)c1ccncc1. The maximum atomic E-state index is 11.6. The summed E-state index contributed by atoms with van der Waals surface area (Å²) in [4.78, 5) is 15.4. The Morgan fingerprint density at radius 1 is 1.21 bits per heavy atom. The average molecular weight is 257 g/mol. The molecule has 1 amide bonds. The lowest BCUT2D eigenvalue weighted by molar-refractivity contribution is 0.0955. The molecule has 6 heteroatoms. The van der Waals surface area contributed by atoms with Gasteiger partial charge in [0.15, 0.2) is 11.5 Å². The molecule has 2 aromatic rings. The highest BCUT2D eigenvalue weighted by atomic mass is 16.3. The number of benzene rings is 1. The van der Waals surface area contributed by atoms with Gasteiger partial charge in [-0.2, -0.15) is 5.10 Å². The van der Waals surface area contributed by atoms with Crippen LogP contribution in [0.4, 0.5) is 0 Å². The zero-order valence-corrected chi connectivity index (χ0v) is 9.82. The van der Waals surface area contributed by atoms with Crippen molar-refractivity contribution in [2.75, 3.05) is 0 Å². The number of hydrogen-bond donors (Lipinski definition) is 3. The second-order valence-electron chi connectivity index (χ2n) is 3.65. The number of carbonyl (C=O) groups excluding carboxylic acids is 1. The molecule has 0 saturated carbocycles. The highest BCUT2D eigenvalue weighted by molar-refractivity contribution is 5.95. The van der Waals surface area contributed by atoms with Gasteiger partial charge in [-0.15, -0.1) is 0 Å². The minimum atomic E-state index is -0.390. The van der Waals surface area contributed by atoms with Crippen molar-refractivity contribution < 1.29 is 15.0 Å². The average Bonchev–Trinajstić information content (AvgIpc) is 2.44. The van der Waals surface area contributed by atoms with Gasteiger partial charge in [0.25, 0.3) is 5.91 Å². The zero-order valence-electron chi connectivity index (χ0n) is 9.82. The molecule has 0 atom stereocenters. The molecule has 0 fully saturated rings. The van der Waals surface area contributed by atoms with Crippen LogP contribution in [-0.4, -0.2) is 27.3 Å². The summed E-state index contributed by atoms with van der Waals surface area (Å²) < 4.78 is 0. The number of aromatic hydroxyl groups is 2. The number of nitrogens with zero attached hydrogens (tertiary/aromatic N) is 2. The van der Waals surface area contributed by atoms with Crippen molar-refractivity contribution in [1.82, 2.24) is 10.4 Å². The molecule has 1 aromatic carbocycles. The number of nitrogens with one attached hydrogen (secondary N) is 1. The van der Waals surface area contributed by atoms with E-state index in [0.29, 0.717) is 11.1 Å². The van der Waals surface area contributed by atoms with Gasteiger partial charge in [0.05, 0.1) is 6.21 Å². The number of pyridine rings is 1. The first kappa shape index (κ1) is 12.6. The van der Waals surface area contributed by atoms with Crippen LogP contribution in [0.1, 0.15) is 15.9 Å². The van der Waals surface area contributed by atoms with Crippen molar-refractivity contribution in [1.29, 1.82) is 0 Å². The summed E-state index contributed by atoms with van der Waals surface area (Å²) in [5, 5.41) is 22.5. The molecule has 96 valence electrons. The number of rotatable bonds is 3. The van der Waals surface area contributed by atoms with Crippen LogP contribution in [0.5, 0.6) is 11.5 Å². The number of hydrazone groups is 1. The second-order valence-corrected chi connectivity index (χ2v) is 3.65. The van der Waals surface area contributed by atoms with Gasteiger partial charge in [-0.25, -0.2) is 5.43 Å². The lowest BCUT2D eigenvalue weighted by Gasteiger charge is -2.01. The predicted molar refractivity (Wildman–Crippen MR) is 69.1 cm³/mol. The van der Waals surface area contributed by atoms with Crippen molar-refractivity contribution in [3.05, 3.63) is 53.9 Å². The largest absolute Gasteiger partial charge is 0.504 e. The predicted octanol–water partition coefficient (Wildman–Crippen LogP) is 1.26. The van der Waals surface area contributed by atoms with Gasteiger partial charge in [0.2, 0.25) is 0 Å². The molecular weight excluding hydrogens is 246 g/mol. The molecule has 3 N–H and O–H groups in total. The monoisotopic (exact) mass is 257 g/mol. The van der Waals surface area contributed by atoms with Crippen molar-refractivity contribution in [3.8, 4) is 11.5 Å². The van der Waals surface area contributed by atoms with E-state index in [-0.39, 0.29) is 11.5 Å². The molecule has 0 bridgehead atoms. The number of hydrogen-bond acceptors (Lipinski definition) is 5. The number of carbonyl (C=O) groups is 1. The van der Waals surface area contributed by atoms with Crippen molar-refractivity contribution in [2.45, 2.75) is 0 Å². The molecule has 1 aromatic heterocycles. The van der Waals surface area contributed by atoms with Crippen LogP contribution in [0.15, 0.2) is 47.8 Å². The maximum absolute atomic E-state index is 11.6. The van der Waals surface area contributed by atoms with E-state index in [2.05, 4.69) is 15.5 Å². The summed E-state index contributed by atoms with van der Waals surface area (Å²) in [6.07, 6.45) is 4.24. The second kappa shape index (κ2) is 5.63. The minimum Gasteiger partial charge on any atom is -0.504 e. The summed E-state index contributed by atoms with van der Waals surface area (Å²) in [7, 11) is 0. The van der Waals surface area contributed by atoms with Crippen molar-refractivity contribution in [2.24, 2.45) is 5.10 Å². The van der Waals surface area contributed by atoms with E-state index in [1.807, 2.05) is 0 Å². The van der Waals surface area contributed by atoms with Crippen LogP contribution >= 0.6 is 0 Å². The Morgan fingerprint density at radius 3 is 2.68 bits per heavy atom. The molecular formula is C13H11N3O3. The van der Waals surface area contributed by atoms with E-state index < -0.39 is 5.91 Å². The Labute approximate surface area is 109 Å². The lowest BCUT2D eigenvalue weighted by atomic mass is 10.2. The highest BCUT2D eigenvalue weighted by Gasteiger charge is 2.04. The Kier molecular flexibility index (Phi) is 3.72. The quantitative estimate of drug-likeness (QED) is 0.438. The zero-order chi connectivity index (χ0) is 13.7. The molecule has 6 nitrogen and oxygen atoms in total. The number of phenols is 2. The third kappa shape index (κ3) is 3.06.